The van der Waals surface area contributed by atoms with Crippen molar-refractivity contribution in [3.05, 3.63) is 36.1 Å². The molecule has 1 saturated heterocycles. The van der Waals surface area contributed by atoms with E-state index in [0.29, 0.717) is 30.6 Å². The zero-order valence-electron chi connectivity index (χ0n) is 17.2. The average molecular weight is 393 g/mol. The molecule has 2 aliphatic rings. The molecule has 0 aliphatic carbocycles. The smallest absolute Gasteiger partial charge is 0.222 e. The molecule has 2 heterocycles. The van der Waals surface area contributed by atoms with Crippen molar-refractivity contribution in [2.75, 3.05) is 19.1 Å². The Hall–Kier alpha value is -1.69. The molecule has 5 nitrogen and oxygen atoms in total. The van der Waals surface area contributed by atoms with Gasteiger partial charge in [-0.05, 0) is 44.6 Å². The van der Waals surface area contributed by atoms with Crippen LogP contribution in [0.5, 0.6) is 0 Å². The maximum atomic E-state index is 12.5. The second kappa shape index (κ2) is 10.0. The van der Waals surface area contributed by atoms with Gasteiger partial charge in [-0.15, -0.1) is 0 Å². The summed E-state index contributed by atoms with van der Waals surface area (Å²) >= 11 is 0. The van der Waals surface area contributed by atoms with Gasteiger partial charge in [0, 0.05) is 43.6 Å². The van der Waals surface area contributed by atoms with Crippen molar-refractivity contribution in [1.82, 2.24) is 9.62 Å². The van der Waals surface area contributed by atoms with E-state index in [1.807, 2.05) is 12.2 Å². The molecule has 0 aromatic carbocycles. The van der Waals surface area contributed by atoms with Gasteiger partial charge in [0.1, 0.15) is 5.84 Å². The molecule has 3 N–H and O–H groups in total. The molecule has 0 saturated carbocycles. The number of hydrogen-bond donors (Lipinski definition) is 2. The fourth-order valence-corrected chi connectivity index (χ4v) is 5.21. The van der Waals surface area contributed by atoms with Crippen LogP contribution in [-0.2, 0) is 4.79 Å². The Morgan fingerprint density at radius 2 is 2.22 bits per heavy atom. The van der Waals surface area contributed by atoms with E-state index in [2.05, 4.69) is 41.7 Å². The number of amides is 1. The van der Waals surface area contributed by atoms with Crippen LogP contribution in [-0.4, -0.2) is 41.7 Å². The first-order valence-electron chi connectivity index (χ1n) is 10.0. The highest BCUT2D eigenvalue weighted by Crippen LogP contribution is 2.38. The Morgan fingerprint density at radius 3 is 2.96 bits per heavy atom. The third-order valence-corrected chi connectivity index (χ3v) is 6.43. The standard InChI is InChI=1S/C21H36N4OS/c1-5-9-21(26)25-15-7-6-12-19(25)14-13-18-11-8-10-17(2)23-27(3,4)24-20(22)16-18/h8,10-11,19,23H,2,5-7,9,12-16H2,1,3-4H3,(H2,22,24)/b10-8-,18-11-/t19-/m1/s1. The van der Waals surface area contributed by atoms with E-state index in [4.69, 9.17) is 10.1 Å². The van der Waals surface area contributed by atoms with Crippen molar-refractivity contribution >= 4 is 22.1 Å². The minimum atomic E-state index is -1.38. The largest absolute Gasteiger partial charge is 0.386 e. The van der Waals surface area contributed by atoms with Crippen molar-refractivity contribution in [2.24, 2.45) is 10.1 Å². The van der Waals surface area contributed by atoms with Crippen LogP contribution < -0.4 is 10.5 Å². The molecule has 0 radical (unpaired) electrons. The monoisotopic (exact) mass is 392 g/mol. The zero-order valence-corrected chi connectivity index (χ0v) is 18.0. The molecule has 2 rings (SSSR count). The molecule has 27 heavy (non-hydrogen) atoms. The van der Waals surface area contributed by atoms with Gasteiger partial charge in [0.05, 0.1) is 0 Å². The second-order valence-corrected chi connectivity index (χ2v) is 10.8. The van der Waals surface area contributed by atoms with Crippen LogP contribution in [0, 0.1) is 0 Å². The summed E-state index contributed by atoms with van der Waals surface area (Å²) in [6, 6.07) is 0.356. The first-order valence-corrected chi connectivity index (χ1v) is 12.4. The number of nitrogens with one attached hydrogen (secondary N) is 1. The van der Waals surface area contributed by atoms with Crippen LogP contribution in [0.4, 0.5) is 0 Å². The number of piperidine rings is 1. The highest BCUT2D eigenvalue weighted by atomic mass is 32.3. The molecule has 1 amide bonds. The van der Waals surface area contributed by atoms with E-state index in [9.17, 15) is 4.79 Å². The molecule has 0 unspecified atom stereocenters. The topological polar surface area (TPSA) is 70.7 Å². The Morgan fingerprint density at radius 1 is 1.44 bits per heavy atom. The number of nitrogens with two attached hydrogens (primary N) is 1. The van der Waals surface area contributed by atoms with Gasteiger partial charge >= 0.3 is 0 Å². The van der Waals surface area contributed by atoms with Crippen LogP contribution in [0.25, 0.3) is 0 Å². The minimum Gasteiger partial charge on any atom is -0.386 e. The highest BCUT2D eigenvalue weighted by molar-refractivity contribution is 8.30. The fraction of sp³-hybridized carbons (Fsp3) is 0.619. The first kappa shape index (κ1) is 21.6. The molecule has 0 aromatic heterocycles. The number of likely N-dealkylation sites (tertiary alicyclic amines) is 1. The van der Waals surface area contributed by atoms with Gasteiger partial charge in [-0.1, -0.05) is 41.6 Å². The number of allylic oxidation sites excluding steroid dienone is 3. The molecule has 0 aromatic rings. The maximum Gasteiger partial charge on any atom is 0.222 e. The van der Waals surface area contributed by atoms with E-state index < -0.39 is 10.4 Å². The summed E-state index contributed by atoms with van der Waals surface area (Å²) in [6.07, 6.45) is 18.0. The third kappa shape index (κ3) is 7.09. The van der Waals surface area contributed by atoms with Gasteiger partial charge in [0.25, 0.3) is 0 Å². The third-order valence-electron chi connectivity index (χ3n) is 4.97. The normalized spacial score (nSPS) is 27.6. The lowest BCUT2D eigenvalue weighted by Crippen LogP contribution is -2.43. The van der Waals surface area contributed by atoms with Gasteiger partial charge < -0.3 is 15.4 Å². The summed E-state index contributed by atoms with van der Waals surface area (Å²) in [6.45, 7) is 7.02. The summed E-state index contributed by atoms with van der Waals surface area (Å²) in [4.78, 5) is 14.6. The van der Waals surface area contributed by atoms with E-state index >= 15 is 0 Å². The Kier molecular flexibility index (Phi) is 8.02. The van der Waals surface area contributed by atoms with Gasteiger partial charge in [-0.25, -0.2) is 4.40 Å². The molecular weight excluding hydrogens is 356 g/mol. The van der Waals surface area contributed by atoms with Gasteiger partial charge in [0.15, 0.2) is 0 Å². The molecule has 1 fully saturated rings. The maximum absolute atomic E-state index is 12.5. The molecule has 0 spiro atoms. The SMILES string of the molecule is C=C1/C=C\C=C(\CC[C@H]2CCCCN2C(=O)CCC)CC(N)=NS(C)(C)N1. The summed E-state index contributed by atoms with van der Waals surface area (Å²) in [7, 11) is -1.38. The van der Waals surface area contributed by atoms with Crippen molar-refractivity contribution in [3.8, 4) is 0 Å². The van der Waals surface area contributed by atoms with Gasteiger partial charge in [0.2, 0.25) is 5.91 Å². The molecule has 152 valence electrons. The quantitative estimate of drug-likeness (QED) is 0.737. The van der Waals surface area contributed by atoms with Gasteiger partial charge in [-0.2, -0.15) is 0 Å². The van der Waals surface area contributed by atoms with Crippen molar-refractivity contribution in [2.45, 2.75) is 64.3 Å². The van der Waals surface area contributed by atoms with Gasteiger partial charge in [-0.3, -0.25) is 4.79 Å². The lowest BCUT2D eigenvalue weighted by molar-refractivity contribution is -0.135. The number of nitrogens with zero attached hydrogens (tertiary/aromatic N) is 2. The minimum absolute atomic E-state index is 0.316. The molecule has 1 atom stereocenters. The summed E-state index contributed by atoms with van der Waals surface area (Å²) in [5.74, 6) is 0.982. The number of carbonyl (C=O) groups excluding carboxylic acids is 1. The van der Waals surface area contributed by atoms with Crippen molar-refractivity contribution in [1.29, 1.82) is 0 Å². The van der Waals surface area contributed by atoms with E-state index in [1.165, 1.54) is 12.0 Å². The summed E-state index contributed by atoms with van der Waals surface area (Å²) < 4.78 is 8.05. The Balaban J connectivity index is 2.07. The van der Waals surface area contributed by atoms with Crippen LogP contribution in [0.15, 0.2) is 40.5 Å². The summed E-state index contributed by atoms with van der Waals surface area (Å²) in [5.41, 5.74) is 8.36. The average Bonchev–Trinajstić information content (AvgIpc) is 2.58. The lowest BCUT2D eigenvalue weighted by atomic mass is 9.94. The van der Waals surface area contributed by atoms with Crippen LogP contribution in [0.1, 0.15) is 58.3 Å². The number of hydrogen-bond acceptors (Lipinski definition) is 4. The molecule has 0 bridgehead atoms. The predicted octanol–water partition coefficient (Wildman–Crippen LogP) is 4.19. The lowest BCUT2D eigenvalue weighted by Gasteiger charge is -2.36. The van der Waals surface area contributed by atoms with Crippen molar-refractivity contribution in [3.63, 3.8) is 0 Å². The number of rotatable bonds is 5. The molecule has 6 heteroatoms. The summed E-state index contributed by atoms with van der Waals surface area (Å²) in [5, 5.41) is 0. The first-order chi connectivity index (χ1) is 12.8. The Labute approximate surface area is 166 Å². The van der Waals surface area contributed by atoms with Crippen LogP contribution in [0.2, 0.25) is 0 Å². The molecular formula is C21H36N4OS. The van der Waals surface area contributed by atoms with E-state index in [0.717, 1.165) is 44.3 Å². The van der Waals surface area contributed by atoms with E-state index in [1.54, 1.807) is 0 Å². The Bertz CT molecular complexity index is 636. The molecule has 2 aliphatic heterocycles. The highest BCUT2D eigenvalue weighted by Gasteiger charge is 2.26. The fourth-order valence-electron chi connectivity index (χ4n) is 3.81. The number of carbonyl (C=O) groups is 1. The number of amidine groups is 1. The van der Waals surface area contributed by atoms with E-state index in [-0.39, 0.29) is 0 Å². The zero-order chi connectivity index (χ0) is 19.9. The van der Waals surface area contributed by atoms with Crippen LogP contribution >= 0.6 is 10.4 Å². The van der Waals surface area contributed by atoms with Crippen LogP contribution in [0.3, 0.4) is 0 Å². The second-order valence-electron chi connectivity index (χ2n) is 7.87. The predicted molar refractivity (Wildman–Crippen MR) is 119 cm³/mol. The van der Waals surface area contributed by atoms with Crippen molar-refractivity contribution < 1.29 is 4.79 Å².